The SMILES string of the molecule is CCC(C)(C)NCCSc1nnc2n1CCCCC2. The molecular weight excluding hydrogens is 256 g/mol. The van der Waals surface area contributed by atoms with Gasteiger partial charge >= 0.3 is 0 Å². The summed E-state index contributed by atoms with van der Waals surface area (Å²) in [6, 6.07) is 0. The van der Waals surface area contributed by atoms with Crippen LogP contribution in [0.15, 0.2) is 5.16 Å². The smallest absolute Gasteiger partial charge is 0.191 e. The van der Waals surface area contributed by atoms with Crippen LogP contribution in [0.5, 0.6) is 0 Å². The molecule has 0 spiro atoms. The standard InChI is InChI=1S/C14H26N4S/c1-4-14(2,3)15-9-11-19-13-17-16-12-8-6-5-7-10-18(12)13/h15H,4-11H2,1-3H3. The van der Waals surface area contributed by atoms with Crippen LogP contribution in [0.4, 0.5) is 0 Å². The molecule has 5 heteroatoms. The summed E-state index contributed by atoms with van der Waals surface area (Å²) < 4.78 is 2.32. The third-order valence-corrected chi connectivity index (χ3v) is 4.86. The molecule has 0 aromatic carbocycles. The van der Waals surface area contributed by atoms with Gasteiger partial charge in [0.1, 0.15) is 5.82 Å². The van der Waals surface area contributed by atoms with E-state index in [1.54, 1.807) is 0 Å². The molecule has 1 aliphatic rings. The second-order valence-corrected chi connectivity index (χ2v) is 6.94. The molecule has 0 amide bonds. The molecule has 4 nitrogen and oxygen atoms in total. The molecule has 0 aliphatic carbocycles. The Morgan fingerprint density at radius 3 is 2.89 bits per heavy atom. The molecule has 0 fully saturated rings. The van der Waals surface area contributed by atoms with Crippen molar-refractivity contribution >= 4 is 11.8 Å². The Balaban J connectivity index is 1.82. The molecule has 1 aromatic rings. The van der Waals surface area contributed by atoms with Gasteiger partial charge in [0.2, 0.25) is 0 Å². The van der Waals surface area contributed by atoms with E-state index in [-0.39, 0.29) is 5.54 Å². The largest absolute Gasteiger partial charge is 0.311 e. The highest BCUT2D eigenvalue weighted by molar-refractivity contribution is 7.99. The van der Waals surface area contributed by atoms with Crippen molar-refractivity contribution in [2.75, 3.05) is 12.3 Å². The van der Waals surface area contributed by atoms with Crippen LogP contribution in [0, 0.1) is 0 Å². The van der Waals surface area contributed by atoms with Gasteiger partial charge in [0, 0.05) is 30.8 Å². The van der Waals surface area contributed by atoms with E-state index in [1.165, 1.54) is 25.1 Å². The van der Waals surface area contributed by atoms with Crippen molar-refractivity contribution in [2.24, 2.45) is 0 Å². The molecule has 0 atom stereocenters. The minimum absolute atomic E-state index is 0.238. The Labute approximate surface area is 120 Å². The normalized spacial score (nSPS) is 16.2. The van der Waals surface area contributed by atoms with Gasteiger partial charge in [-0.2, -0.15) is 0 Å². The van der Waals surface area contributed by atoms with Crippen LogP contribution in [0.1, 0.15) is 52.3 Å². The summed E-state index contributed by atoms with van der Waals surface area (Å²) in [5.41, 5.74) is 0.238. The van der Waals surface area contributed by atoms with Crippen molar-refractivity contribution in [3.8, 4) is 0 Å². The molecule has 2 heterocycles. The first kappa shape index (κ1) is 14.9. The lowest BCUT2D eigenvalue weighted by Crippen LogP contribution is -2.39. The molecule has 108 valence electrons. The summed E-state index contributed by atoms with van der Waals surface area (Å²) in [4.78, 5) is 0. The second kappa shape index (κ2) is 6.75. The molecule has 0 bridgehead atoms. The van der Waals surface area contributed by atoms with Gasteiger partial charge in [-0.3, -0.25) is 0 Å². The van der Waals surface area contributed by atoms with Crippen molar-refractivity contribution in [3.05, 3.63) is 5.82 Å². The zero-order valence-electron chi connectivity index (χ0n) is 12.4. The predicted molar refractivity (Wildman–Crippen MR) is 80.7 cm³/mol. The molecule has 2 rings (SSSR count). The van der Waals surface area contributed by atoms with Crippen LogP contribution in [0.25, 0.3) is 0 Å². The number of thioether (sulfide) groups is 1. The van der Waals surface area contributed by atoms with Crippen molar-refractivity contribution < 1.29 is 0 Å². The van der Waals surface area contributed by atoms with E-state index in [2.05, 4.69) is 40.9 Å². The minimum Gasteiger partial charge on any atom is -0.311 e. The van der Waals surface area contributed by atoms with Gasteiger partial charge in [-0.1, -0.05) is 25.1 Å². The molecule has 0 unspecified atom stereocenters. The number of hydrogen-bond donors (Lipinski definition) is 1. The molecule has 1 N–H and O–H groups in total. The number of hydrogen-bond acceptors (Lipinski definition) is 4. The summed E-state index contributed by atoms with van der Waals surface area (Å²) in [5, 5.41) is 13.4. The van der Waals surface area contributed by atoms with Gasteiger partial charge in [0.15, 0.2) is 5.16 Å². The number of fused-ring (bicyclic) bond motifs is 1. The first-order valence-electron chi connectivity index (χ1n) is 7.42. The third-order valence-electron chi connectivity index (χ3n) is 3.90. The predicted octanol–water partition coefficient (Wildman–Crippen LogP) is 2.87. The van der Waals surface area contributed by atoms with Crippen LogP contribution in [0.3, 0.4) is 0 Å². The number of nitrogens with zero attached hydrogens (tertiary/aromatic N) is 3. The molecule has 0 saturated heterocycles. The number of nitrogens with one attached hydrogen (secondary N) is 1. The fourth-order valence-electron chi connectivity index (χ4n) is 2.22. The summed E-state index contributed by atoms with van der Waals surface area (Å²) >= 11 is 1.83. The Bertz CT molecular complexity index is 400. The van der Waals surface area contributed by atoms with E-state index in [1.807, 2.05) is 11.8 Å². The summed E-state index contributed by atoms with van der Waals surface area (Å²) in [5.74, 6) is 2.24. The van der Waals surface area contributed by atoms with E-state index in [0.29, 0.717) is 0 Å². The quantitative estimate of drug-likeness (QED) is 0.643. The highest BCUT2D eigenvalue weighted by atomic mass is 32.2. The molecule has 0 saturated carbocycles. The molecule has 19 heavy (non-hydrogen) atoms. The summed E-state index contributed by atoms with van der Waals surface area (Å²) in [6.45, 7) is 8.84. The number of aryl methyl sites for hydroxylation is 1. The average molecular weight is 282 g/mol. The lowest BCUT2D eigenvalue weighted by Gasteiger charge is -2.24. The molecular formula is C14H26N4S. The Morgan fingerprint density at radius 1 is 1.26 bits per heavy atom. The van der Waals surface area contributed by atoms with Crippen molar-refractivity contribution in [1.82, 2.24) is 20.1 Å². The van der Waals surface area contributed by atoms with Crippen molar-refractivity contribution in [3.63, 3.8) is 0 Å². The zero-order valence-corrected chi connectivity index (χ0v) is 13.2. The van der Waals surface area contributed by atoms with Crippen LogP contribution in [-0.2, 0) is 13.0 Å². The van der Waals surface area contributed by atoms with Gasteiger partial charge in [0.25, 0.3) is 0 Å². The van der Waals surface area contributed by atoms with Gasteiger partial charge in [0.05, 0.1) is 0 Å². The summed E-state index contributed by atoms with van der Waals surface area (Å²) in [7, 11) is 0. The van der Waals surface area contributed by atoms with Crippen molar-refractivity contribution in [1.29, 1.82) is 0 Å². The van der Waals surface area contributed by atoms with E-state index < -0.39 is 0 Å². The van der Waals surface area contributed by atoms with Gasteiger partial charge in [-0.15, -0.1) is 10.2 Å². The Hall–Kier alpha value is -0.550. The molecule has 1 aromatic heterocycles. The van der Waals surface area contributed by atoms with E-state index in [9.17, 15) is 0 Å². The van der Waals surface area contributed by atoms with Gasteiger partial charge < -0.3 is 9.88 Å². The molecule has 0 radical (unpaired) electrons. The maximum Gasteiger partial charge on any atom is 0.191 e. The first-order valence-corrected chi connectivity index (χ1v) is 8.41. The minimum atomic E-state index is 0.238. The fraction of sp³-hybridized carbons (Fsp3) is 0.857. The van der Waals surface area contributed by atoms with Crippen LogP contribution in [0.2, 0.25) is 0 Å². The van der Waals surface area contributed by atoms with Gasteiger partial charge in [-0.25, -0.2) is 0 Å². The second-order valence-electron chi connectivity index (χ2n) is 5.87. The van der Waals surface area contributed by atoms with E-state index in [0.717, 1.165) is 36.8 Å². The Kier molecular flexibility index (Phi) is 5.28. The first-order chi connectivity index (χ1) is 9.12. The monoisotopic (exact) mass is 282 g/mol. The maximum atomic E-state index is 4.34. The lowest BCUT2D eigenvalue weighted by atomic mass is 10.0. The van der Waals surface area contributed by atoms with Crippen LogP contribution in [-0.4, -0.2) is 32.6 Å². The van der Waals surface area contributed by atoms with Crippen LogP contribution >= 0.6 is 11.8 Å². The lowest BCUT2D eigenvalue weighted by molar-refractivity contribution is 0.388. The van der Waals surface area contributed by atoms with E-state index >= 15 is 0 Å². The summed E-state index contributed by atoms with van der Waals surface area (Å²) in [6.07, 6.45) is 6.08. The molecule has 1 aliphatic heterocycles. The average Bonchev–Trinajstić information content (AvgIpc) is 2.62. The fourth-order valence-corrected chi connectivity index (χ4v) is 3.06. The highest BCUT2D eigenvalue weighted by Crippen LogP contribution is 2.21. The van der Waals surface area contributed by atoms with Gasteiger partial charge in [-0.05, 0) is 33.1 Å². The highest BCUT2D eigenvalue weighted by Gasteiger charge is 2.16. The zero-order chi connectivity index (χ0) is 13.7. The number of rotatable bonds is 6. The maximum absolute atomic E-state index is 4.34. The van der Waals surface area contributed by atoms with E-state index in [4.69, 9.17) is 0 Å². The number of aromatic nitrogens is 3. The topological polar surface area (TPSA) is 42.7 Å². The third kappa shape index (κ3) is 4.21. The van der Waals surface area contributed by atoms with Crippen LogP contribution < -0.4 is 5.32 Å². The van der Waals surface area contributed by atoms with Crippen molar-refractivity contribution in [2.45, 2.75) is 70.1 Å². The Morgan fingerprint density at radius 2 is 2.11 bits per heavy atom.